The monoisotopic (exact) mass is 1210 g/mol. The normalized spacial score (nSPS) is 13.2. The highest BCUT2D eigenvalue weighted by atomic mass is 32.1. The van der Waals surface area contributed by atoms with Crippen LogP contribution >= 0.6 is 11.3 Å². The van der Waals surface area contributed by atoms with E-state index in [4.69, 9.17) is 4.42 Å². The summed E-state index contributed by atoms with van der Waals surface area (Å²) in [7, 11) is -2.91. The highest BCUT2D eigenvalue weighted by Gasteiger charge is 2.50. The van der Waals surface area contributed by atoms with Gasteiger partial charge >= 0.3 is 0 Å². The molecule has 0 saturated carbocycles. The number of benzene rings is 11. The molecular formula is C82H73BFN3OSSi. The van der Waals surface area contributed by atoms with Crippen LogP contribution in [-0.4, -0.2) is 14.8 Å². The molecule has 0 amide bonds. The SMILES string of the molecule is CC(C)[Si](c1ccc(F)cc1)(c1cc2c3c(c1)N(c1cccc4c1oc1ccccc14)c1cc(N(c4ccc(C(C)(C)C)cc4)c4ccccc4-c4ccccc4)ccc1B3c1sc3ccc(C(C)(C)C)cc3c1N2c1cccc(-c2ccccc2)c1)C(C)C. The molecule has 2 aliphatic heterocycles. The second-order valence-corrected chi connectivity index (χ2v) is 33.7. The van der Waals surface area contributed by atoms with Gasteiger partial charge in [0, 0.05) is 65.3 Å². The number of hydrogen-bond acceptors (Lipinski definition) is 5. The summed E-state index contributed by atoms with van der Waals surface area (Å²) in [6.45, 7) is 23.3. The van der Waals surface area contributed by atoms with Crippen LogP contribution in [0.15, 0.2) is 253 Å². The molecule has 0 unspecified atom stereocenters. The number of rotatable bonds is 11. The number of hydrogen-bond donors (Lipinski definition) is 0. The lowest BCUT2D eigenvalue weighted by Crippen LogP contribution is -2.65. The highest BCUT2D eigenvalue weighted by molar-refractivity contribution is 7.33. The van der Waals surface area contributed by atoms with E-state index in [1.54, 1.807) is 12.1 Å². The van der Waals surface area contributed by atoms with Crippen molar-refractivity contribution in [2.75, 3.05) is 14.7 Å². The van der Waals surface area contributed by atoms with Crippen LogP contribution < -0.4 is 40.8 Å². The number of halogens is 1. The second kappa shape index (κ2) is 21.8. The zero-order chi connectivity index (χ0) is 62.0. The van der Waals surface area contributed by atoms with Crippen molar-refractivity contribution in [3.63, 3.8) is 0 Å². The summed E-state index contributed by atoms with van der Waals surface area (Å²) in [4.78, 5) is 7.68. The molecule has 0 fully saturated rings. The third-order valence-electron chi connectivity index (χ3n) is 19.4. The first-order chi connectivity index (χ1) is 43.5. The first-order valence-electron chi connectivity index (χ1n) is 31.8. The maximum Gasteiger partial charge on any atom is 0.264 e. The molecule has 0 N–H and O–H groups in total. The highest BCUT2D eigenvalue weighted by Crippen LogP contribution is 2.52. The van der Waals surface area contributed by atoms with Crippen molar-refractivity contribution in [3.05, 3.63) is 266 Å². The van der Waals surface area contributed by atoms with Gasteiger partial charge in [-0.15, -0.1) is 11.3 Å². The van der Waals surface area contributed by atoms with Crippen LogP contribution in [0.4, 0.5) is 55.6 Å². The average Bonchev–Trinajstić information content (AvgIpc) is 1.17. The van der Waals surface area contributed by atoms with Crippen molar-refractivity contribution in [2.45, 2.75) is 91.1 Å². The Bertz CT molecular complexity index is 4900. The van der Waals surface area contributed by atoms with Crippen molar-refractivity contribution in [3.8, 4) is 22.3 Å². The van der Waals surface area contributed by atoms with Gasteiger partial charge < -0.3 is 19.1 Å². The summed E-state index contributed by atoms with van der Waals surface area (Å²) >= 11 is 1.93. The van der Waals surface area contributed by atoms with Crippen LogP contribution in [0.5, 0.6) is 0 Å². The third kappa shape index (κ3) is 9.27. The molecule has 13 aromatic rings. The topological polar surface area (TPSA) is 22.9 Å². The van der Waals surface area contributed by atoms with Gasteiger partial charge in [-0.25, -0.2) is 4.39 Å². The van der Waals surface area contributed by atoms with Gasteiger partial charge in [-0.3, -0.25) is 0 Å². The molecule has 0 bridgehead atoms. The zero-order valence-corrected chi connectivity index (χ0v) is 54.8. The number of thiophene rings is 1. The number of furan rings is 1. The molecular weight excluding hydrogens is 1130 g/mol. The Morgan fingerprint density at radius 1 is 0.478 bits per heavy atom. The van der Waals surface area contributed by atoms with Crippen LogP contribution in [0.1, 0.15) is 80.4 Å². The van der Waals surface area contributed by atoms with Gasteiger partial charge in [0.05, 0.1) is 17.1 Å². The molecule has 0 saturated heterocycles. The van der Waals surface area contributed by atoms with Crippen molar-refractivity contribution in [2.24, 2.45) is 0 Å². The summed E-state index contributed by atoms with van der Waals surface area (Å²) in [6.07, 6.45) is 0. The van der Waals surface area contributed by atoms with Crippen molar-refractivity contribution in [1.29, 1.82) is 0 Å². The van der Waals surface area contributed by atoms with E-state index in [0.717, 1.165) is 84.1 Å². The van der Waals surface area contributed by atoms with Crippen LogP contribution in [0.3, 0.4) is 0 Å². The van der Waals surface area contributed by atoms with E-state index < -0.39 is 8.07 Å². The van der Waals surface area contributed by atoms with E-state index in [1.165, 1.54) is 58.5 Å². The fourth-order valence-electron chi connectivity index (χ4n) is 15.2. The summed E-state index contributed by atoms with van der Waals surface area (Å²) in [5.74, 6) is -0.225. The lowest BCUT2D eigenvalue weighted by Gasteiger charge is -2.46. The minimum Gasteiger partial charge on any atom is -0.454 e. The Kier molecular flexibility index (Phi) is 13.9. The largest absolute Gasteiger partial charge is 0.454 e. The fraction of sp³-hybridized carbons (Fsp3) is 0.171. The molecule has 0 atom stereocenters. The van der Waals surface area contributed by atoms with Gasteiger partial charge in [0.15, 0.2) is 5.58 Å². The summed E-state index contributed by atoms with van der Waals surface area (Å²) < 4.78 is 25.2. The Hall–Kier alpha value is -9.21. The second-order valence-electron chi connectivity index (χ2n) is 27.4. The number of nitrogens with zero attached hydrogens (tertiary/aromatic N) is 3. The lowest BCUT2D eigenvalue weighted by atomic mass is 9.36. The molecule has 2 aromatic heterocycles. The standard InChI is InChI=1S/C82H73BFN3OSSi/c1-52(2)90(53(3)4,63-43-38-59(84)39-44-63)64-50-73-77-74(51-64)87(71-33-22-31-67-66-30-18-20-34-75(66)88-79(67)71)72-49-62(85(60-40-35-57(36-41-60)81(5,6)7)70-32-19-17-29-65(70)55-25-15-12-16-26-55)42-45-69(72)83(77)80-78(68-48-58(82(8,9)10)37-46-76(68)89-80)86(73)61-28-21-27-56(47-61)54-23-13-11-14-24-54/h11-53H,1-10H3. The molecule has 4 heterocycles. The van der Waals surface area contributed by atoms with E-state index in [1.807, 2.05) is 11.3 Å². The van der Waals surface area contributed by atoms with Crippen LogP contribution in [-0.2, 0) is 10.8 Å². The predicted molar refractivity (Wildman–Crippen MR) is 388 cm³/mol. The molecule has 11 aromatic carbocycles. The van der Waals surface area contributed by atoms with Crippen molar-refractivity contribution < 1.29 is 8.81 Å². The van der Waals surface area contributed by atoms with Crippen molar-refractivity contribution >= 4 is 135 Å². The molecule has 15 rings (SSSR count). The smallest absolute Gasteiger partial charge is 0.264 e. The summed E-state index contributed by atoms with van der Waals surface area (Å²) in [5, 5.41) is 5.90. The Labute approximate surface area is 534 Å². The first-order valence-corrected chi connectivity index (χ1v) is 34.8. The van der Waals surface area contributed by atoms with Crippen LogP contribution in [0, 0.1) is 5.82 Å². The average molecular weight is 1210 g/mol. The quantitative estimate of drug-likeness (QED) is 0.120. The number of fused-ring (bicyclic) bond motifs is 9. The minimum absolute atomic E-state index is 0.0390. The lowest BCUT2D eigenvalue weighted by molar-refractivity contribution is 0.590. The minimum atomic E-state index is -2.91. The van der Waals surface area contributed by atoms with E-state index >= 15 is 4.39 Å². The molecule has 90 heavy (non-hydrogen) atoms. The maximum atomic E-state index is 15.5. The van der Waals surface area contributed by atoms with Crippen molar-refractivity contribution in [1.82, 2.24) is 0 Å². The van der Waals surface area contributed by atoms with Crippen LogP contribution in [0.25, 0.3) is 54.3 Å². The van der Waals surface area contributed by atoms with E-state index in [0.29, 0.717) is 0 Å². The van der Waals surface area contributed by atoms with Gasteiger partial charge in [-0.1, -0.05) is 232 Å². The molecule has 8 heteroatoms. The summed E-state index contributed by atoms with van der Waals surface area (Å²) in [5.41, 5.74) is 21.4. The molecule has 0 aliphatic carbocycles. The van der Waals surface area contributed by atoms with E-state index in [-0.39, 0.29) is 34.4 Å². The van der Waals surface area contributed by atoms with Crippen LogP contribution in [0.2, 0.25) is 11.1 Å². The Morgan fingerprint density at radius 3 is 1.80 bits per heavy atom. The van der Waals surface area contributed by atoms with Gasteiger partial charge in [-0.05, 0) is 157 Å². The van der Waals surface area contributed by atoms with Gasteiger partial charge in [0.25, 0.3) is 6.71 Å². The van der Waals surface area contributed by atoms with E-state index in [2.05, 4.69) is 321 Å². The van der Waals surface area contributed by atoms with Gasteiger partial charge in [0.1, 0.15) is 19.5 Å². The molecule has 4 nitrogen and oxygen atoms in total. The predicted octanol–water partition coefficient (Wildman–Crippen LogP) is 20.8. The van der Waals surface area contributed by atoms with E-state index in [9.17, 15) is 0 Å². The Morgan fingerprint density at radius 2 is 1.09 bits per heavy atom. The summed E-state index contributed by atoms with van der Waals surface area (Å²) in [6, 6.07) is 91.3. The molecule has 0 spiro atoms. The molecule has 442 valence electrons. The number of para-hydroxylation sites is 3. The van der Waals surface area contributed by atoms with Gasteiger partial charge in [-0.2, -0.15) is 0 Å². The molecule has 2 aliphatic rings. The van der Waals surface area contributed by atoms with Gasteiger partial charge in [0.2, 0.25) is 0 Å². The molecule has 0 radical (unpaired) electrons. The first kappa shape index (κ1) is 57.2. The number of anilines is 9. The zero-order valence-electron chi connectivity index (χ0n) is 52.9. The third-order valence-corrected chi connectivity index (χ3v) is 26.8. The maximum absolute atomic E-state index is 15.5. The Balaban J connectivity index is 1.10. The fourth-order valence-corrected chi connectivity index (χ4v) is 22.3.